The minimum absolute atomic E-state index is 0.104. The van der Waals surface area contributed by atoms with Crippen LogP contribution in [0.3, 0.4) is 0 Å². The molecule has 0 aliphatic heterocycles. The van der Waals surface area contributed by atoms with Gasteiger partial charge in [-0.3, -0.25) is 4.79 Å². The summed E-state index contributed by atoms with van der Waals surface area (Å²) in [5.41, 5.74) is 1.74. The van der Waals surface area contributed by atoms with Crippen molar-refractivity contribution in [1.82, 2.24) is 5.32 Å². The topological polar surface area (TPSA) is 50.4 Å². The van der Waals surface area contributed by atoms with Gasteiger partial charge in [-0.1, -0.05) is 29.8 Å². The van der Waals surface area contributed by atoms with Crippen LogP contribution < -0.4 is 15.4 Å². The number of para-hydroxylation sites is 1. The maximum Gasteiger partial charge on any atom is 0.238 e. The number of benzene rings is 2. The molecule has 0 heterocycles. The lowest BCUT2D eigenvalue weighted by Gasteiger charge is -2.09. The molecule has 4 nitrogen and oxygen atoms in total. The van der Waals surface area contributed by atoms with Gasteiger partial charge in [-0.15, -0.1) is 0 Å². The molecule has 0 fully saturated rings. The molecular formula is C16H17ClN2O2. The number of hydrogen-bond donors (Lipinski definition) is 2. The van der Waals surface area contributed by atoms with Crippen molar-refractivity contribution >= 4 is 23.2 Å². The van der Waals surface area contributed by atoms with E-state index in [9.17, 15) is 4.79 Å². The molecule has 0 unspecified atom stereocenters. The molecule has 110 valence electrons. The Morgan fingerprint density at radius 1 is 1.14 bits per heavy atom. The number of methoxy groups -OCH3 is 1. The first-order chi connectivity index (χ1) is 10.2. The highest BCUT2D eigenvalue weighted by Gasteiger charge is 2.04. The molecule has 2 aromatic rings. The van der Waals surface area contributed by atoms with E-state index in [0.717, 1.165) is 17.0 Å². The monoisotopic (exact) mass is 304 g/mol. The highest BCUT2D eigenvalue weighted by Crippen LogP contribution is 2.16. The number of rotatable bonds is 6. The maximum absolute atomic E-state index is 11.8. The second kappa shape index (κ2) is 7.67. The van der Waals surface area contributed by atoms with Gasteiger partial charge in [-0.05, 0) is 30.3 Å². The highest BCUT2D eigenvalue weighted by atomic mass is 35.5. The molecule has 0 saturated heterocycles. The van der Waals surface area contributed by atoms with E-state index in [4.69, 9.17) is 16.3 Å². The third-order valence-electron chi connectivity index (χ3n) is 2.92. The molecule has 2 rings (SSSR count). The van der Waals surface area contributed by atoms with E-state index < -0.39 is 0 Å². The fourth-order valence-corrected chi connectivity index (χ4v) is 2.02. The zero-order valence-corrected chi connectivity index (χ0v) is 12.5. The van der Waals surface area contributed by atoms with E-state index >= 15 is 0 Å². The first kappa shape index (κ1) is 15.4. The van der Waals surface area contributed by atoms with Crippen molar-refractivity contribution in [2.45, 2.75) is 6.54 Å². The van der Waals surface area contributed by atoms with Gasteiger partial charge in [0.05, 0.1) is 13.7 Å². The van der Waals surface area contributed by atoms with Gasteiger partial charge in [0.1, 0.15) is 5.75 Å². The number of anilines is 1. The lowest BCUT2D eigenvalue weighted by Crippen LogP contribution is -2.27. The first-order valence-corrected chi connectivity index (χ1v) is 6.95. The average molecular weight is 305 g/mol. The van der Waals surface area contributed by atoms with Crippen LogP contribution in [-0.4, -0.2) is 19.6 Å². The van der Waals surface area contributed by atoms with Crippen LogP contribution in [0.15, 0.2) is 48.5 Å². The van der Waals surface area contributed by atoms with Crippen molar-refractivity contribution in [1.29, 1.82) is 0 Å². The minimum atomic E-state index is -0.104. The van der Waals surface area contributed by atoms with E-state index in [-0.39, 0.29) is 12.5 Å². The van der Waals surface area contributed by atoms with Gasteiger partial charge in [0, 0.05) is 22.8 Å². The van der Waals surface area contributed by atoms with E-state index in [2.05, 4.69) is 10.6 Å². The van der Waals surface area contributed by atoms with Gasteiger partial charge in [-0.2, -0.15) is 0 Å². The third-order valence-corrected chi connectivity index (χ3v) is 3.17. The number of amides is 1. The molecule has 0 spiro atoms. The van der Waals surface area contributed by atoms with Gasteiger partial charge >= 0.3 is 0 Å². The zero-order valence-electron chi connectivity index (χ0n) is 11.7. The van der Waals surface area contributed by atoms with Crippen LogP contribution in [0.2, 0.25) is 5.02 Å². The molecule has 0 atom stereocenters. The Hall–Kier alpha value is -2.04. The van der Waals surface area contributed by atoms with E-state index in [1.165, 1.54) is 0 Å². The molecule has 1 amide bonds. The molecule has 0 aromatic heterocycles. The molecule has 2 aromatic carbocycles. The summed E-state index contributed by atoms with van der Waals surface area (Å²) in [6.07, 6.45) is 0. The van der Waals surface area contributed by atoms with Crippen molar-refractivity contribution in [3.05, 3.63) is 59.1 Å². The van der Waals surface area contributed by atoms with Crippen molar-refractivity contribution < 1.29 is 9.53 Å². The third kappa shape index (κ3) is 4.77. The van der Waals surface area contributed by atoms with Crippen LogP contribution in [-0.2, 0) is 11.3 Å². The number of carbonyl (C=O) groups excluding carboxylic acids is 1. The number of carbonyl (C=O) groups is 1. The summed E-state index contributed by atoms with van der Waals surface area (Å²) in [6.45, 7) is 0.790. The minimum Gasteiger partial charge on any atom is -0.496 e. The summed E-state index contributed by atoms with van der Waals surface area (Å²) in [7, 11) is 1.63. The van der Waals surface area contributed by atoms with Crippen LogP contribution in [0.25, 0.3) is 0 Å². The molecule has 0 saturated carbocycles. The maximum atomic E-state index is 11.8. The second-order valence-corrected chi connectivity index (χ2v) is 4.91. The molecule has 21 heavy (non-hydrogen) atoms. The van der Waals surface area contributed by atoms with Crippen molar-refractivity contribution in [2.75, 3.05) is 19.0 Å². The van der Waals surface area contributed by atoms with Gasteiger partial charge in [0.2, 0.25) is 5.91 Å². The van der Waals surface area contributed by atoms with Crippen molar-refractivity contribution in [3.63, 3.8) is 0 Å². The summed E-state index contributed by atoms with van der Waals surface area (Å²) in [5.74, 6) is 0.704. The molecule has 2 N–H and O–H groups in total. The Labute approximate surface area is 129 Å². The molecular weight excluding hydrogens is 288 g/mol. The molecule has 0 bridgehead atoms. The number of halogens is 1. The SMILES string of the molecule is COc1ccccc1CNCC(=O)Nc1ccc(Cl)cc1. The first-order valence-electron chi connectivity index (χ1n) is 6.57. The van der Waals surface area contributed by atoms with E-state index in [1.54, 1.807) is 31.4 Å². The van der Waals surface area contributed by atoms with Crippen LogP contribution in [0.1, 0.15) is 5.56 Å². The molecule has 0 radical (unpaired) electrons. The lowest BCUT2D eigenvalue weighted by atomic mass is 10.2. The van der Waals surface area contributed by atoms with E-state index in [0.29, 0.717) is 11.6 Å². The fourth-order valence-electron chi connectivity index (χ4n) is 1.90. The number of hydrogen-bond acceptors (Lipinski definition) is 3. The summed E-state index contributed by atoms with van der Waals surface area (Å²) in [4.78, 5) is 11.8. The number of nitrogens with one attached hydrogen (secondary N) is 2. The lowest BCUT2D eigenvalue weighted by molar-refractivity contribution is -0.115. The average Bonchev–Trinajstić information content (AvgIpc) is 2.50. The summed E-state index contributed by atoms with van der Waals surface area (Å²) in [6, 6.07) is 14.7. The Bertz CT molecular complexity index is 599. The van der Waals surface area contributed by atoms with Crippen LogP contribution in [0.5, 0.6) is 5.75 Å². The molecule has 0 aliphatic carbocycles. The quantitative estimate of drug-likeness (QED) is 0.862. The number of ether oxygens (including phenoxy) is 1. The molecule has 5 heteroatoms. The standard InChI is InChI=1S/C16H17ClN2O2/c1-21-15-5-3-2-4-12(15)10-18-11-16(20)19-14-8-6-13(17)7-9-14/h2-9,18H,10-11H2,1H3,(H,19,20). The van der Waals surface area contributed by atoms with Crippen LogP contribution >= 0.6 is 11.6 Å². The van der Waals surface area contributed by atoms with Crippen molar-refractivity contribution in [3.8, 4) is 5.75 Å². The van der Waals surface area contributed by atoms with Crippen molar-refractivity contribution in [2.24, 2.45) is 0 Å². The zero-order chi connectivity index (χ0) is 15.1. The largest absolute Gasteiger partial charge is 0.496 e. The second-order valence-electron chi connectivity index (χ2n) is 4.47. The van der Waals surface area contributed by atoms with Crippen LogP contribution in [0, 0.1) is 0 Å². The van der Waals surface area contributed by atoms with E-state index in [1.807, 2.05) is 24.3 Å². The predicted molar refractivity (Wildman–Crippen MR) is 84.8 cm³/mol. The Morgan fingerprint density at radius 3 is 2.57 bits per heavy atom. The summed E-state index contributed by atoms with van der Waals surface area (Å²) >= 11 is 5.79. The Morgan fingerprint density at radius 2 is 1.86 bits per heavy atom. The highest BCUT2D eigenvalue weighted by molar-refractivity contribution is 6.30. The normalized spacial score (nSPS) is 10.2. The van der Waals surface area contributed by atoms with Gasteiger partial charge in [0.25, 0.3) is 0 Å². The fraction of sp³-hybridized carbons (Fsp3) is 0.188. The smallest absolute Gasteiger partial charge is 0.238 e. The van der Waals surface area contributed by atoms with Gasteiger partial charge < -0.3 is 15.4 Å². The summed E-state index contributed by atoms with van der Waals surface area (Å²) in [5, 5.41) is 6.52. The predicted octanol–water partition coefficient (Wildman–Crippen LogP) is 3.08. The van der Waals surface area contributed by atoms with Gasteiger partial charge in [0.15, 0.2) is 0 Å². The summed E-state index contributed by atoms with van der Waals surface area (Å²) < 4.78 is 5.26. The van der Waals surface area contributed by atoms with Crippen LogP contribution in [0.4, 0.5) is 5.69 Å². The molecule has 0 aliphatic rings. The Balaban J connectivity index is 1.80. The van der Waals surface area contributed by atoms with Gasteiger partial charge in [-0.25, -0.2) is 0 Å². The Kier molecular flexibility index (Phi) is 5.60.